The van der Waals surface area contributed by atoms with E-state index in [4.69, 9.17) is 14.9 Å². The van der Waals surface area contributed by atoms with Crippen LogP contribution in [-0.2, 0) is 0 Å². The average Bonchev–Trinajstić information content (AvgIpc) is 2.93. The Morgan fingerprint density at radius 2 is 2.19 bits per heavy atom. The molecule has 1 amide bonds. The Labute approximate surface area is 123 Å². The quantitative estimate of drug-likeness (QED) is 0.832. The lowest BCUT2D eigenvalue weighted by atomic mass is 9.89. The number of fused-ring (bicyclic) bond motifs is 1. The maximum atomic E-state index is 12.2. The molecule has 1 unspecified atom stereocenters. The number of nitrogens with one attached hydrogen (secondary N) is 1. The van der Waals surface area contributed by atoms with Crippen molar-refractivity contribution in [3.8, 4) is 5.75 Å². The van der Waals surface area contributed by atoms with Crippen LogP contribution in [0.25, 0.3) is 0 Å². The number of anilines is 1. The van der Waals surface area contributed by atoms with Crippen molar-refractivity contribution in [1.29, 1.82) is 0 Å². The third kappa shape index (κ3) is 2.72. The lowest BCUT2D eigenvalue weighted by molar-refractivity contribution is 0.0620. The molecule has 21 heavy (non-hydrogen) atoms. The van der Waals surface area contributed by atoms with Crippen LogP contribution in [0, 0.1) is 0 Å². The van der Waals surface area contributed by atoms with Crippen LogP contribution in [-0.4, -0.2) is 11.5 Å². The summed E-state index contributed by atoms with van der Waals surface area (Å²) in [6.45, 7) is 4.01. The molecule has 0 fully saturated rings. The first-order chi connectivity index (χ1) is 9.94. The number of hydrogen-bond acceptors (Lipinski definition) is 4. The summed E-state index contributed by atoms with van der Waals surface area (Å²) in [6, 6.07) is 7.00. The van der Waals surface area contributed by atoms with Crippen LogP contribution in [0.4, 0.5) is 5.69 Å². The van der Waals surface area contributed by atoms with Gasteiger partial charge in [0, 0.05) is 17.7 Å². The summed E-state index contributed by atoms with van der Waals surface area (Å²) >= 11 is 0. The van der Waals surface area contributed by atoms with E-state index in [0.717, 1.165) is 11.3 Å². The number of nitrogens with two attached hydrogens (primary N) is 1. The summed E-state index contributed by atoms with van der Waals surface area (Å²) in [5.41, 5.74) is 7.57. The number of ether oxygens (including phenoxy) is 1. The Morgan fingerprint density at radius 1 is 1.38 bits per heavy atom. The number of amides is 1. The van der Waals surface area contributed by atoms with Gasteiger partial charge in [-0.3, -0.25) is 4.79 Å². The van der Waals surface area contributed by atoms with Gasteiger partial charge >= 0.3 is 0 Å². The molecular weight excluding hydrogens is 268 g/mol. The lowest BCUT2D eigenvalue weighted by Gasteiger charge is -2.38. The number of carbonyl (C=O) groups is 1. The number of carbonyl (C=O) groups excluding carboxylic acids is 1. The van der Waals surface area contributed by atoms with Crippen molar-refractivity contribution in [1.82, 2.24) is 5.32 Å². The summed E-state index contributed by atoms with van der Waals surface area (Å²) in [7, 11) is 0. The smallest absolute Gasteiger partial charge is 0.255 e. The van der Waals surface area contributed by atoms with Crippen molar-refractivity contribution >= 4 is 11.6 Å². The van der Waals surface area contributed by atoms with Gasteiger partial charge in [0.2, 0.25) is 0 Å². The molecule has 0 aliphatic carbocycles. The summed E-state index contributed by atoms with van der Waals surface area (Å²) < 4.78 is 10.9. The van der Waals surface area contributed by atoms with Crippen LogP contribution in [0.3, 0.4) is 0 Å². The highest BCUT2D eigenvalue weighted by atomic mass is 16.5. The number of nitrogen functional groups attached to an aromatic ring is 1. The zero-order valence-corrected chi connectivity index (χ0v) is 12.1. The monoisotopic (exact) mass is 286 g/mol. The molecule has 3 rings (SSSR count). The minimum Gasteiger partial charge on any atom is -0.487 e. The molecule has 0 spiro atoms. The maximum Gasteiger partial charge on any atom is 0.255 e. The number of benzene rings is 1. The van der Waals surface area contributed by atoms with Crippen LogP contribution < -0.4 is 15.8 Å². The largest absolute Gasteiger partial charge is 0.487 e. The van der Waals surface area contributed by atoms with E-state index in [2.05, 4.69) is 5.32 Å². The third-order valence-electron chi connectivity index (χ3n) is 3.58. The highest BCUT2D eigenvalue weighted by Gasteiger charge is 2.34. The summed E-state index contributed by atoms with van der Waals surface area (Å²) in [5, 5.41) is 3.03. The molecular formula is C16H18N2O3. The van der Waals surface area contributed by atoms with Gasteiger partial charge in [-0.05, 0) is 38.1 Å². The molecule has 1 aliphatic heterocycles. The zero-order valence-electron chi connectivity index (χ0n) is 12.1. The first-order valence-electron chi connectivity index (χ1n) is 6.86. The first-order valence-corrected chi connectivity index (χ1v) is 6.86. The predicted octanol–water partition coefficient (Wildman–Crippen LogP) is 2.89. The topological polar surface area (TPSA) is 77.5 Å². The van der Waals surface area contributed by atoms with Gasteiger partial charge in [-0.15, -0.1) is 0 Å². The SMILES string of the molecule is CC1(C)CC(NC(=O)c2ccoc2)c2cc(N)ccc2O1. The van der Waals surface area contributed by atoms with Crippen molar-refractivity contribution in [2.75, 3.05) is 5.73 Å². The maximum absolute atomic E-state index is 12.2. The molecule has 5 nitrogen and oxygen atoms in total. The van der Waals surface area contributed by atoms with E-state index < -0.39 is 0 Å². The van der Waals surface area contributed by atoms with E-state index in [9.17, 15) is 4.79 Å². The molecule has 0 radical (unpaired) electrons. The molecule has 5 heteroatoms. The lowest BCUT2D eigenvalue weighted by Crippen LogP contribution is -2.41. The van der Waals surface area contributed by atoms with E-state index in [1.165, 1.54) is 12.5 Å². The van der Waals surface area contributed by atoms with Crippen LogP contribution in [0.2, 0.25) is 0 Å². The van der Waals surface area contributed by atoms with Gasteiger partial charge < -0.3 is 20.2 Å². The summed E-state index contributed by atoms with van der Waals surface area (Å²) in [4.78, 5) is 12.2. The van der Waals surface area contributed by atoms with Gasteiger partial charge in [0.1, 0.15) is 17.6 Å². The van der Waals surface area contributed by atoms with Gasteiger partial charge in [-0.25, -0.2) is 0 Å². The Hall–Kier alpha value is -2.43. The molecule has 2 heterocycles. The van der Waals surface area contributed by atoms with Gasteiger partial charge in [-0.1, -0.05) is 0 Å². The Kier molecular flexibility index (Phi) is 3.12. The van der Waals surface area contributed by atoms with Crippen LogP contribution in [0.1, 0.15) is 42.2 Å². The average molecular weight is 286 g/mol. The molecule has 1 aromatic carbocycles. The first kappa shape index (κ1) is 13.5. The molecule has 0 saturated carbocycles. The number of rotatable bonds is 2. The Morgan fingerprint density at radius 3 is 2.90 bits per heavy atom. The van der Waals surface area contributed by atoms with E-state index in [1.54, 1.807) is 12.1 Å². The molecule has 1 aromatic heterocycles. The molecule has 1 aliphatic rings. The molecule has 3 N–H and O–H groups in total. The van der Waals surface area contributed by atoms with Crippen LogP contribution in [0.5, 0.6) is 5.75 Å². The fourth-order valence-corrected chi connectivity index (χ4v) is 2.64. The van der Waals surface area contributed by atoms with Crippen molar-refractivity contribution in [2.24, 2.45) is 0 Å². The van der Waals surface area contributed by atoms with E-state index >= 15 is 0 Å². The Bertz CT molecular complexity index is 662. The highest BCUT2D eigenvalue weighted by molar-refractivity contribution is 5.94. The number of hydrogen-bond donors (Lipinski definition) is 2. The zero-order chi connectivity index (χ0) is 15.0. The Balaban J connectivity index is 1.91. The summed E-state index contributed by atoms with van der Waals surface area (Å²) in [6.07, 6.45) is 3.59. The highest BCUT2D eigenvalue weighted by Crippen LogP contribution is 2.40. The van der Waals surface area contributed by atoms with Crippen molar-refractivity contribution in [3.05, 3.63) is 47.9 Å². The van der Waals surface area contributed by atoms with Gasteiger partial charge in [0.15, 0.2) is 0 Å². The molecule has 2 aromatic rings. The standard InChI is InChI=1S/C16H18N2O3/c1-16(2)8-13(18-15(19)10-5-6-20-9-10)12-7-11(17)3-4-14(12)21-16/h3-7,9,13H,8,17H2,1-2H3,(H,18,19). The van der Waals surface area contributed by atoms with Crippen LogP contribution >= 0.6 is 0 Å². The van der Waals surface area contributed by atoms with Gasteiger partial charge in [0.05, 0.1) is 17.9 Å². The van der Waals surface area contributed by atoms with Crippen molar-refractivity contribution < 1.29 is 13.9 Å². The van der Waals surface area contributed by atoms with E-state index in [-0.39, 0.29) is 17.6 Å². The molecule has 0 saturated heterocycles. The van der Waals surface area contributed by atoms with Gasteiger partial charge in [-0.2, -0.15) is 0 Å². The normalized spacial score (nSPS) is 19.4. The fraction of sp³-hybridized carbons (Fsp3) is 0.312. The molecule has 1 atom stereocenters. The van der Waals surface area contributed by atoms with Crippen molar-refractivity contribution in [2.45, 2.75) is 31.9 Å². The molecule has 110 valence electrons. The fourth-order valence-electron chi connectivity index (χ4n) is 2.64. The minimum absolute atomic E-state index is 0.144. The second-order valence-corrected chi connectivity index (χ2v) is 5.90. The second-order valence-electron chi connectivity index (χ2n) is 5.90. The van der Waals surface area contributed by atoms with Crippen molar-refractivity contribution in [3.63, 3.8) is 0 Å². The second kappa shape index (κ2) is 4.84. The number of furan rings is 1. The van der Waals surface area contributed by atoms with Gasteiger partial charge in [0.25, 0.3) is 5.91 Å². The summed E-state index contributed by atoms with van der Waals surface area (Å²) in [5.74, 6) is 0.595. The van der Waals surface area contributed by atoms with E-state index in [0.29, 0.717) is 17.7 Å². The molecule has 0 bridgehead atoms. The van der Waals surface area contributed by atoms with Crippen LogP contribution in [0.15, 0.2) is 41.2 Å². The predicted molar refractivity (Wildman–Crippen MR) is 79.1 cm³/mol. The minimum atomic E-state index is -0.350. The van der Waals surface area contributed by atoms with E-state index in [1.807, 2.05) is 26.0 Å². The third-order valence-corrected chi connectivity index (χ3v) is 3.58.